The molecule has 0 aliphatic heterocycles. The SMILES string of the molecule is BrCC(CBr)(Cc1ccc(Br)cc1)c1ccccc1Br. The second-order valence-corrected chi connectivity index (χ2v) is 7.72. The molecule has 0 aromatic heterocycles. The molecule has 0 bridgehead atoms. The lowest BCUT2D eigenvalue weighted by Crippen LogP contribution is -2.33. The Morgan fingerprint density at radius 1 is 0.800 bits per heavy atom. The van der Waals surface area contributed by atoms with E-state index in [2.05, 4.69) is 112 Å². The predicted octanol–water partition coefficient (Wildman–Crippen LogP) is 6.48. The highest BCUT2D eigenvalue weighted by Gasteiger charge is 2.32. The van der Waals surface area contributed by atoms with Crippen molar-refractivity contribution in [3.05, 3.63) is 68.6 Å². The van der Waals surface area contributed by atoms with E-state index in [1.165, 1.54) is 11.1 Å². The van der Waals surface area contributed by atoms with Gasteiger partial charge in [0, 0.05) is 25.0 Å². The van der Waals surface area contributed by atoms with E-state index < -0.39 is 0 Å². The molecule has 2 aromatic rings. The van der Waals surface area contributed by atoms with Crippen LogP contribution in [0.1, 0.15) is 11.1 Å². The minimum absolute atomic E-state index is 0.0356. The van der Waals surface area contributed by atoms with Crippen LogP contribution in [0.15, 0.2) is 57.5 Å². The zero-order chi connectivity index (χ0) is 14.6. The topological polar surface area (TPSA) is 0 Å². The molecule has 0 spiro atoms. The fourth-order valence-electron chi connectivity index (χ4n) is 2.25. The highest BCUT2D eigenvalue weighted by atomic mass is 79.9. The van der Waals surface area contributed by atoms with Crippen LogP contribution in [0.4, 0.5) is 0 Å². The van der Waals surface area contributed by atoms with Crippen molar-refractivity contribution in [2.45, 2.75) is 11.8 Å². The maximum Gasteiger partial charge on any atom is 0.0213 e. The third kappa shape index (κ3) is 3.76. The molecule has 0 saturated carbocycles. The van der Waals surface area contributed by atoms with E-state index in [-0.39, 0.29) is 5.41 Å². The Morgan fingerprint density at radius 2 is 1.40 bits per heavy atom. The number of alkyl halides is 2. The number of halogens is 4. The Bertz CT molecular complexity index is 559. The standard InChI is InChI=1S/C16H14Br4/c17-10-16(11-18,14-3-1-2-4-15(14)20)9-12-5-7-13(19)8-6-12/h1-8H,9-11H2. The molecule has 0 saturated heterocycles. The summed E-state index contributed by atoms with van der Waals surface area (Å²) in [5.74, 6) is 0. The summed E-state index contributed by atoms with van der Waals surface area (Å²) in [6.07, 6.45) is 0.986. The average Bonchev–Trinajstić information content (AvgIpc) is 2.48. The molecule has 20 heavy (non-hydrogen) atoms. The van der Waals surface area contributed by atoms with Crippen molar-refractivity contribution in [3.8, 4) is 0 Å². The zero-order valence-corrected chi connectivity index (χ0v) is 17.1. The first kappa shape index (κ1) is 16.7. The Balaban J connectivity index is 2.39. The Kier molecular flexibility index (Phi) is 6.33. The Labute approximate surface area is 153 Å². The first-order chi connectivity index (χ1) is 9.61. The molecule has 2 aromatic carbocycles. The van der Waals surface area contributed by atoms with Gasteiger partial charge in [-0.05, 0) is 35.7 Å². The molecule has 0 aliphatic rings. The minimum atomic E-state index is 0.0356. The maximum absolute atomic E-state index is 3.72. The third-order valence-corrected chi connectivity index (χ3v) is 6.78. The largest absolute Gasteiger partial charge is 0.0918 e. The third-order valence-electron chi connectivity index (χ3n) is 3.41. The number of rotatable bonds is 5. The van der Waals surface area contributed by atoms with Crippen molar-refractivity contribution >= 4 is 63.7 Å². The molecule has 0 atom stereocenters. The number of hydrogen-bond acceptors (Lipinski definition) is 0. The summed E-state index contributed by atoms with van der Waals surface area (Å²) in [6, 6.07) is 17.0. The molecule has 0 nitrogen and oxygen atoms in total. The van der Waals surface area contributed by atoms with Gasteiger partial charge in [0.25, 0.3) is 0 Å². The summed E-state index contributed by atoms with van der Waals surface area (Å²) >= 11 is 14.6. The molecule has 0 heterocycles. The second-order valence-electron chi connectivity index (χ2n) is 4.83. The summed E-state index contributed by atoms with van der Waals surface area (Å²) in [4.78, 5) is 0. The highest BCUT2D eigenvalue weighted by molar-refractivity contribution is 9.11. The van der Waals surface area contributed by atoms with Gasteiger partial charge < -0.3 is 0 Å². The van der Waals surface area contributed by atoms with Crippen molar-refractivity contribution < 1.29 is 0 Å². The zero-order valence-electron chi connectivity index (χ0n) is 10.8. The summed E-state index contributed by atoms with van der Waals surface area (Å²) in [5.41, 5.74) is 2.70. The van der Waals surface area contributed by atoms with Gasteiger partial charge in [0.2, 0.25) is 0 Å². The molecular weight excluding hydrogens is 512 g/mol. The smallest absolute Gasteiger partial charge is 0.0213 e. The lowest BCUT2D eigenvalue weighted by molar-refractivity contribution is 0.548. The Morgan fingerprint density at radius 3 is 1.95 bits per heavy atom. The number of benzene rings is 2. The van der Waals surface area contributed by atoms with Crippen LogP contribution >= 0.6 is 63.7 Å². The monoisotopic (exact) mass is 522 g/mol. The van der Waals surface area contributed by atoms with Crippen molar-refractivity contribution in [1.82, 2.24) is 0 Å². The molecular formula is C16H14Br4. The van der Waals surface area contributed by atoms with Crippen LogP contribution in [0.2, 0.25) is 0 Å². The molecule has 106 valence electrons. The quantitative estimate of drug-likeness (QED) is 0.392. The fraction of sp³-hybridized carbons (Fsp3) is 0.250. The van der Waals surface area contributed by atoms with Crippen LogP contribution in [-0.4, -0.2) is 10.7 Å². The van der Waals surface area contributed by atoms with E-state index in [0.717, 1.165) is 26.0 Å². The normalized spacial score (nSPS) is 11.6. The van der Waals surface area contributed by atoms with Gasteiger partial charge in [-0.25, -0.2) is 0 Å². The second kappa shape index (κ2) is 7.57. The summed E-state index contributed by atoms with van der Waals surface area (Å²) in [7, 11) is 0. The number of hydrogen-bond donors (Lipinski definition) is 0. The first-order valence-corrected chi connectivity index (χ1v) is 10.1. The van der Waals surface area contributed by atoms with Crippen molar-refractivity contribution in [3.63, 3.8) is 0 Å². The fourth-order valence-corrected chi connectivity index (χ4v) is 5.15. The van der Waals surface area contributed by atoms with Crippen LogP contribution in [0.5, 0.6) is 0 Å². The molecule has 4 heteroatoms. The van der Waals surface area contributed by atoms with Gasteiger partial charge >= 0.3 is 0 Å². The van der Waals surface area contributed by atoms with E-state index in [4.69, 9.17) is 0 Å². The van der Waals surface area contributed by atoms with Gasteiger partial charge in [-0.3, -0.25) is 0 Å². The van der Waals surface area contributed by atoms with Crippen molar-refractivity contribution in [2.24, 2.45) is 0 Å². The van der Waals surface area contributed by atoms with E-state index in [0.29, 0.717) is 0 Å². The van der Waals surface area contributed by atoms with Crippen LogP contribution < -0.4 is 0 Å². The summed E-state index contributed by atoms with van der Waals surface area (Å²) in [5, 5.41) is 1.81. The average molecular weight is 526 g/mol. The van der Waals surface area contributed by atoms with E-state index >= 15 is 0 Å². The first-order valence-electron chi connectivity index (χ1n) is 6.23. The highest BCUT2D eigenvalue weighted by Crippen LogP contribution is 2.37. The van der Waals surface area contributed by atoms with Gasteiger partial charge in [0.1, 0.15) is 0 Å². The molecule has 0 fully saturated rings. The lowest BCUT2D eigenvalue weighted by atomic mass is 9.79. The van der Waals surface area contributed by atoms with E-state index in [9.17, 15) is 0 Å². The van der Waals surface area contributed by atoms with Gasteiger partial charge in [-0.15, -0.1) is 0 Å². The lowest BCUT2D eigenvalue weighted by Gasteiger charge is -2.32. The van der Waals surface area contributed by atoms with Gasteiger partial charge in [0.15, 0.2) is 0 Å². The molecule has 2 rings (SSSR count). The van der Waals surface area contributed by atoms with Crippen LogP contribution in [-0.2, 0) is 11.8 Å². The maximum atomic E-state index is 3.72. The van der Waals surface area contributed by atoms with Gasteiger partial charge in [0.05, 0.1) is 0 Å². The minimum Gasteiger partial charge on any atom is -0.0918 e. The van der Waals surface area contributed by atoms with Gasteiger partial charge in [-0.2, -0.15) is 0 Å². The molecule has 0 amide bonds. The predicted molar refractivity (Wildman–Crippen MR) is 101 cm³/mol. The van der Waals surface area contributed by atoms with Crippen molar-refractivity contribution in [2.75, 3.05) is 10.7 Å². The molecule has 0 N–H and O–H groups in total. The van der Waals surface area contributed by atoms with Gasteiger partial charge in [-0.1, -0.05) is 94.1 Å². The molecule has 0 unspecified atom stereocenters. The molecule has 0 radical (unpaired) electrons. The van der Waals surface area contributed by atoms with Crippen molar-refractivity contribution in [1.29, 1.82) is 0 Å². The van der Waals surface area contributed by atoms with Crippen LogP contribution in [0.25, 0.3) is 0 Å². The summed E-state index contributed by atoms with van der Waals surface area (Å²) in [6.45, 7) is 0. The van der Waals surface area contributed by atoms with E-state index in [1.54, 1.807) is 0 Å². The van der Waals surface area contributed by atoms with Crippen LogP contribution in [0, 0.1) is 0 Å². The van der Waals surface area contributed by atoms with Crippen LogP contribution in [0.3, 0.4) is 0 Å². The molecule has 0 aliphatic carbocycles. The summed E-state index contributed by atoms with van der Waals surface area (Å²) < 4.78 is 2.28. The van der Waals surface area contributed by atoms with E-state index in [1.807, 2.05) is 0 Å². The Hall–Kier alpha value is 0.360.